The van der Waals surface area contributed by atoms with E-state index in [1.54, 1.807) is 32.0 Å². The molecule has 2 N–H and O–H groups in total. The van der Waals surface area contributed by atoms with E-state index in [4.69, 9.17) is 25.8 Å². The van der Waals surface area contributed by atoms with Crippen molar-refractivity contribution in [3.05, 3.63) is 64.2 Å². The van der Waals surface area contributed by atoms with E-state index in [9.17, 15) is 14.7 Å². The molecule has 0 fully saturated rings. The lowest BCUT2D eigenvalue weighted by Crippen LogP contribution is -2.38. The Morgan fingerprint density at radius 3 is 2.50 bits per heavy atom. The van der Waals surface area contributed by atoms with Gasteiger partial charge in [0.15, 0.2) is 0 Å². The molecule has 1 unspecified atom stereocenters. The Balaban J connectivity index is 1.68. The van der Waals surface area contributed by atoms with Gasteiger partial charge in [0.2, 0.25) is 0 Å². The van der Waals surface area contributed by atoms with Gasteiger partial charge in [0.1, 0.15) is 5.75 Å². The Bertz CT molecular complexity index is 964. The highest BCUT2D eigenvalue weighted by Crippen LogP contribution is 2.26. The average molecular weight is 490 g/mol. The predicted molar refractivity (Wildman–Crippen MR) is 129 cm³/mol. The van der Waals surface area contributed by atoms with Crippen molar-refractivity contribution in [1.29, 1.82) is 0 Å². The normalized spacial score (nSPS) is 16.3. The molecule has 0 aliphatic heterocycles. The van der Waals surface area contributed by atoms with Gasteiger partial charge in [-0.15, -0.1) is 0 Å². The molecule has 1 aliphatic carbocycles. The zero-order valence-corrected chi connectivity index (χ0v) is 20.3. The highest BCUT2D eigenvalue weighted by atomic mass is 35.5. The van der Waals surface area contributed by atoms with E-state index in [1.807, 2.05) is 24.3 Å². The van der Waals surface area contributed by atoms with Crippen LogP contribution in [0.25, 0.3) is 0 Å². The Hall–Kier alpha value is -2.61. The van der Waals surface area contributed by atoms with E-state index in [0.717, 1.165) is 36.8 Å². The Morgan fingerprint density at radius 1 is 1.09 bits per heavy atom. The SMILES string of the molecule is CCOC(=O)C(Oc1ccc2c(c1)CC(NC[C@H](O)c1cccc(Cl)c1)CCC2)C(=O)OCC. The van der Waals surface area contributed by atoms with Crippen LogP contribution in [0.2, 0.25) is 5.02 Å². The zero-order chi connectivity index (χ0) is 24.5. The quantitative estimate of drug-likeness (QED) is 0.298. The van der Waals surface area contributed by atoms with Gasteiger partial charge in [0, 0.05) is 17.6 Å². The van der Waals surface area contributed by atoms with Crippen LogP contribution in [0.1, 0.15) is 49.5 Å². The van der Waals surface area contributed by atoms with Crippen molar-refractivity contribution in [2.24, 2.45) is 0 Å². The van der Waals surface area contributed by atoms with Gasteiger partial charge in [0.05, 0.1) is 19.3 Å². The van der Waals surface area contributed by atoms with Crippen molar-refractivity contribution in [2.75, 3.05) is 19.8 Å². The van der Waals surface area contributed by atoms with Gasteiger partial charge in [-0.1, -0.05) is 29.8 Å². The minimum atomic E-state index is -1.47. The first-order chi connectivity index (χ1) is 16.4. The summed E-state index contributed by atoms with van der Waals surface area (Å²) in [5.41, 5.74) is 3.06. The second kappa shape index (κ2) is 12.7. The van der Waals surface area contributed by atoms with Crippen LogP contribution in [0.3, 0.4) is 0 Å². The molecule has 0 radical (unpaired) electrons. The van der Waals surface area contributed by atoms with Crippen LogP contribution in [0.4, 0.5) is 0 Å². The lowest BCUT2D eigenvalue weighted by Gasteiger charge is -2.21. The number of rotatable bonds is 10. The van der Waals surface area contributed by atoms with Crippen molar-refractivity contribution in [1.82, 2.24) is 5.32 Å². The predicted octanol–water partition coefficient (Wildman–Crippen LogP) is 3.78. The summed E-state index contributed by atoms with van der Waals surface area (Å²) in [6, 6.07) is 13.0. The second-order valence-corrected chi connectivity index (χ2v) is 8.64. The lowest BCUT2D eigenvalue weighted by atomic mass is 10.0. The summed E-state index contributed by atoms with van der Waals surface area (Å²) in [4.78, 5) is 24.5. The maximum absolute atomic E-state index is 12.3. The Labute approximate surface area is 205 Å². The highest BCUT2D eigenvalue weighted by Gasteiger charge is 2.32. The van der Waals surface area contributed by atoms with E-state index in [2.05, 4.69) is 5.32 Å². The number of benzene rings is 2. The van der Waals surface area contributed by atoms with Gasteiger partial charge < -0.3 is 24.6 Å². The summed E-state index contributed by atoms with van der Waals surface area (Å²) in [5, 5.41) is 14.6. The Morgan fingerprint density at radius 2 is 1.82 bits per heavy atom. The van der Waals surface area contributed by atoms with E-state index < -0.39 is 24.1 Å². The molecule has 8 heteroatoms. The first-order valence-corrected chi connectivity index (χ1v) is 12.1. The third-order valence-electron chi connectivity index (χ3n) is 5.73. The fourth-order valence-corrected chi connectivity index (χ4v) is 4.26. The number of hydrogen-bond donors (Lipinski definition) is 2. The minimum Gasteiger partial charge on any atom is -0.467 e. The maximum atomic E-state index is 12.3. The van der Waals surface area contributed by atoms with Crippen molar-refractivity contribution < 1.29 is 28.9 Å². The van der Waals surface area contributed by atoms with E-state index in [0.29, 0.717) is 17.3 Å². The fourth-order valence-electron chi connectivity index (χ4n) is 4.06. The number of carbonyl (C=O) groups excluding carboxylic acids is 2. The highest BCUT2D eigenvalue weighted by molar-refractivity contribution is 6.30. The van der Waals surface area contributed by atoms with Crippen molar-refractivity contribution in [3.8, 4) is 5.75 Å². The molecule has 0 aromatic heterocycles. The molecule has 0 spiro atoms. The Kier molecular flexibility index (Phi) is 9.74. The third kappa shape index (κ3) is 7.19. The van der Waals surface area contributed by atoms with Crippen molar-refractivity contribution in [2.45, 2.75) is 57.8 Å². The first kappa shape index (κ1) is 26.0. The van der Waals surface area contributed by atoms with Crippen LogP contribution in [-0.2, 0) is 31.9 Å². The molecule has 184 valence electrons. The number of carbonyl (C=O) groups is 2. The molecule has 3 rings (SSSR count). The summed E-state index contributed by atoms with van der Waals surface area (Å²) < 4.78 is 15.7. The van der Waals surface area contributed by atoms with Crippen LogP contribution in [0, 0.1) is 0 Å². The van der Waals surface area contributed by atoms with Gasteiger partial charge in [0.25, 0.3) is 6.10 Å². The van der Waals surface area contributed by atoms with Gasteiger partial charge >= 0.3 is 11.9 Å². The largest absolute Gasteiger partial charge is 0.467 e. The molecule has 0 saturated heterocycles. The molecule has 0 amide bonds. The fraction of sp³-hybridized carbons (Fsp3) is 0.462. The third-order valence-corrected chi connectivity index (χ3v) is 5.97. The molecular weight excluding hydrogens is 458 g/mol. The van der Waals surface area contributed by atoms with E-state index in [-0.39, 0.29) is 19.3 Å². The van der Waals surface area contributed by atoms with Gasteiger partial charge in [-0.25, -0.2) is 9.59 Å². The summed E-state index contributed by atoms with van der Waals surface area (Å²) in [6.07, 6.45) is 1.49. The van der Waals surface area contributed by atoms with Crippen molar-refractivity contribution >= 4 is 23.5 Å². The van der Waals surface area contributed by atoms with Crippen LogP contribution in [0.5, 0.6) is 5.75 Å². The number of aliphatic hydroxyl groups is 1. The molecule has 34 heavy (non-hydrogen) atoms. The molecule has 0 heterocycles. The lowest BCUT2D eigenvalue weighted by molar-refractivity contribution is -0.166. The minimum absolute atomic E-state index is 0.136. The average Bonchev–Trinajstić information content (AvgIpc) is 3.02. The molecule has 2 atom stereocenters. The molecular formula is C26H32ClNO6. The first-order valence-electron chi connectivity index (χ1n) is 11.7. The van der Waals surface area contributed by atoms with Gasteiger partial charge in [-0.05, 0) is 80.5 Å². The molecule has 0 saturated carbocycles. The molecule has 2 aromatic rings. The summed E-state index contributed by atoms with van der Waals surface area (Å²) in [6.45, 7) is 4.01. The zero-order valence-electron chi connectivity index (χ0n) is 19.6. The van der Waals surface area contributed by atoms with Crippen LogP contribution in [0.15, 0.2) is 42.5 Å². The van der Waals surface area contributed by atoms with Crippen LogP contribution in [-0.4, -0.2) is 48.9 Å². The summed E-state index contributed by atoms with van der Waals surface area (Å²) >= 11 is 6.04. The number of fused-ring (bicyclic) bond motifs is 1. The monoisotopic (exact) mass is 489 g/mol. The van der Waals surface area contributed by atoms with Crippen LogP contribution < -0.4 is 10.1 Å². The number of hydrogen-bond acceptors (Lipinski definition) is 7. The molecule has 7 nitrogen and oxygen atoms in total. The number of nitrogens with one attached hydrogen (secondary N) is 1. The van der Waals surface area contributed by atoms with E-state index in [1.165, 1.54) is 5.56 Å². The second-order valence-electron chi connectivity index (χ2n) is 8.20. The van der Waals surface area contributed by atoms with Gasteiger partial charge in [-0.3, -0.25) is 0 Å². The molecule has 2 aromatic carbocycles. The summed E-state index contributed by atoms with van der Waals surface area (Å²) in [7, 11) is 0. The topological polar surface area (TPSA) is 94.1 Å². The number of esters is 2. The van der Waals surface area contributed by atoms with Crippen molar-refractivity contribution in [3.63, 3.8) is 0 Å². The van der Waals surface area contributed by atoms with Crippen LogP contribution >= 0.6 is 11.6 Å². The number of halogens is 1. The molecule has 1 aliphatic rings. The van der Waals surface area contributed by atoms with E-state index >= 15 is 0 Å². The maximum Gasteiger partial charge on any atom is 0.359 e. The molecule has 0 bridgehead atoms. The standard InChI is InChI=1S/C26H32ClNO6/c1-3-32-25(30)24(26(31)33-4-2)34-22-12-11-17-7-6-10-21(14-19(17)15-22)28-16-23(29)18-8-5-9-20(27)13-18/h5,8-9,11-13,15,21,23-24,28-29H,3-4,6-7,10,14,16H2,1-2H3/t21?,23-/m0/s1. The smallest absolute Gasteiger partial charge is 0.359 e. The summed E-state index contributed by atoms with van der Waals surface area (Å²) in [5.74, 6) is -1.14. The number of ether oxygens (including phenoxy) is 3. The number of aryl methyl sites for hydroxylation is 1. The number of aliphatic hydroxyl groups excluding tert-OH is 1. The van der Waals surface area contributed by atoms with Gasteiger partial charge in [-0.2, -0.15) is 0 Å².